The van der Waals surface area contributed by atoms with Crippen molar-refractivity contribution in [3.8, 4) is 0 Å². The minimum atomic E-state index is -0.237. The van der Waals surface area contributed by atoms with Crippen molar-refractivity contribution in [2.24, 2.45) is 0 Å². The fourth-order valence-electron chi connectivity index (χ4n) is 0.662. The van der Waals surface area contributed by atoms with Gasteiger partial charge in [0.25, 0.3) is 5.91 Å². The van der Waals surface area contributed by atoms with Crippen LogP contribution in [0, 0.1) is 3.57 Å². The normalized spacial score (nSPS) is 9.92. The molecule has 1 rings (SSSR count). The molecule has 1 N–H and O–H groups in total. The van der Waals surface area contributed by atoms with Crippen LogP contribution in [0.4, 0.5) is 0 Å². The fraction of sp³-hybridized carbons (Fsp3) is 0.333. The summed E-state index contributed by atoms with van der Waals surface area (Å²) in [6.45, 7) is 0. The van der Waals surface area contributed by atoms with E-state index in [1.807, 2.05) is 22.6 Å². The Morgan fingerprint density at radius 1 is 1.83 bits per heavy atom. The monoisotopic (exact) mass is 281 g/mol. The van der Waals surface area contributed by atoms with Gasteiger partial charge in [-0.15, -0.1) is 0 Å². The van der Waals surface area contributed by atoms with Crippen molar-refractivity contribution in [3.05, 3.63) is 15.5 Å². The lowest BCUT2D eigenvalue weighted by Crippen LogP contribution is -2.26. The largest absolute Gasteiger partial charge is 0.296 e. The molecule has 0 saturated heterocycles. The summed E-state index contributed by atoms with van der Waals surface area (Å²) in [5.74, 6) is -0.237. The molecule has 12 heavy (non-hydrogen) atoms. The lowest BCUT2D eigenvalue weighted by atomic mass is 10.4. The molecule has 0 aliphatic heterocycles. The number of aromatic nitrogens is 2. The second kappa shape index (κ2) is 3.85. The maximum atomic E-state index is 11.4. The third-order valence-corrected chi connectivity index (χ3v) is 2.18. The number of H-pyrrole nitrogens is 1. The van der Waals surface area contributed by atoms with Gasteiger partial charge >= 0.3 is 0 Å². The first kappa shape index (κ1) is 9.46. The second-order valence-corrected chi connectivity index (χ2v) is 3.24. The summed E-state index contributed by atoms with van der Waals surface area (Å²) in [7, 11) is 2.97. The fourth-order valence-corrected chi connectivity index (χ4v) is 1.15. The van der Waals surface area contributed by atoms with Crippen LogP contribution in [0.2, 0.25) is 0 Å². The van der Waals surface area contributed by atoms with Crippen LogP contribution in [0.25, 0.3) is 0 Å². The van der Waals surface area contributed by atoms with Crippen molar-refractivity contribution in [3.63, 3.8) is 0 Å². The van der Waals surface area contributed by atoms with E-state index in [0.717, 1.165) is 8.63 Å². The molecule has 0 aliphatic carbocycles. The molecule has 66 valence electrons. The van der Waals surface area contributed by atoms with E-state index in [-0.39, 0.29) is 5.91 Å². The first-order valence-corrected chi connectivity index (χ1v) is 4.25. The number of nitrogens with zero attached hydrogens (tertiary/aromatic N) is 2. The molecule has 0 fully saturated rings. The Morgan fingerprint density at radius 2 is 2.50 bits per heavy atom. The number of rotatable bonds is 2. The molecule has 1 amide bonds. The van der Waals surface area contributed by atoms with Gasteiger partial charge in [-0.1, -0.05) is 0 Å². The zero-order valence-corrected chi connectivity index (χ0v) is 8.82. The number of carbonyl (C=O) groups is 1. The van der Waals surface area contributed by atoms with Gasteiger partial charge in [0.05, 0.1) is 16.9 Å². The standard InChI is InChI=1S/C6H8IN3O2/c1-10(12-2)6(11)5-4(7)3-8-9-5/h3H,1-2H3,(H,8,9). The summed E-state index contributed by atoms with van der Waals surface area (Å²) >= 11 is 2.02. The van der Waals surface area contributed by atoms with Crippen LogP contribution in [-0.4, -0.2) is 35.3 Å². The SMILES string of the molecule is CON(C)C(=O)c1[nH]ncc1I. The van der Waals surface area contributed by atoms with Gasteiger partial charge in [-0.3, -0.25) is 14.7 Å². The molecule has 6 heteroatoms. The predicted molar refractivity (Wildman–Crippen MR) is 50.4 cm³/mol. The Kier molecular flexibility index (Phi) is 3.04. The molecular formula is C6H8IN3O2. The molecule has 0 unspecified atom stereocenters. The van der Waals surface area contributed by atoms with Crippen molar-refractivity contribution in [2.75, 3.05) is 14.2 Å². The van der Waals surface area contributed by atoms with E-state index >= 15 is 0 Å². The Bertz CT molecular complexity index is 286. The summed E-state index contributed by atoms with van der Waals surface area (Å²) < 4.78 is 0.779. The smallest absolute Gasteiger partial charge is 0.274 e. The van der Waals surface area contributed by atoms with E-state index < -0.39 is 0 Å². The van der Waals surface area contributed by atoms with E-state index in [4.69, 9.17) is 4.84 Å². The minimum absolute atomic E-state index is 0.237. The molecule has 0 spiro atoms. The van der Waals surface area contributed by atoms with Crippen LogP contribution < -0.4 is 0 Å². The molecule has 1 aromatic heterocycles. The predicted octanol–water partition coefficient (Wildman–Crippen LogP) is 0.648. The molecule has 0 aromatic carbocycles. The van der Waals surface area contributed by atoms with E-state index in [1.54, 1.807) is 13.2 Å². The highest BCUT2D eigenvalue weighted by Crippen LogP contribution is 2.09. The third-order valence-electron chi connectivity index (χ3n) is 1.37. The second-order valence-electron chi connectivity index (χ2n) is 2.08. The third kappa shape index (κ3) is 1.75. The van der Waals surface area contributed by atoms with E-state index in [9.17, 15) is 4.79 Å². The molecule has 0 radical (unpaired) electrons. The summed E-state index contributed by atoms with van der Waals surface area (Å²) in [6.07, 6.45) is 1.58. The number of hydrogen-bond donors (Lipinski definition) is 1. The Hall–Kier alpha value is -0.630. The highest BCUT2D eigenvalue weighted by atomic mass is 127. The molecule has 0 bridgehead atoms. The number of nitrogens with one attached hydrogen (secondary N) is 1. The average Bonchev–Trinajstić information content (AvgIpc) is 2.48. The minimum Gasteiger partial charge on any atom is -0.274 e. The number of hydrogen-bond acceptors (Lipinski definition) is 3. The van der Waals surface area contributed by atoms with E-state index in [0.29, 0.717) is 5.69 Å². The van der Waals surface area contributed by atoms with Gasteiger partial charge in [0.2, 0.25) is 0 Å². The van der Waals surface area contributed by atoms with Gasteiger partial charge in [-0.2, -0.15) is 5.10 Å². The maximum Gasteiger partial charge on any atom is 0.296 e. The number of aromatic amines is 1. The van der Waals surface area contributed by atoms with E-state index in [1.165, 1.54) is 7.11 Å². The zero-order chi connectivity index (χ0) is 9.14. The molecule has 0 atom stereocenters. The van der Waals surface area contributed by atoms with Gasteiger partial charge in [0.15, 0.2) is 0 Å². The van der Waals surface area contributed by atoms with Gasteiger partial charge < -0.3 is 0 Å². The Morgan fingerprint density at radius 3 is 2.92 bits per heavy atom. The van der Waals surface area contributed by atoms with Crippen LogP contribution in [0.5, 0.6) is 0 Å². The van der Waals surface area contributed by atoms with Crippen molar-refractivity contribution < 1.29 is 9.63 Å². The molecule has 1 aromatic rings. The van der Waals surface area contributed by atoms with Gasteiger partial charge in [-0.05, 0) is 22.6 Å². The van der Waals surface area contributed by atoms with Gasteiger partial charge in [0, 0.05) is 7.05 Å². The molecular weight excluding hydrogens is 273 g/mol. The topological polar surface area (TPSA) is 58.2 Å². The average molecular weight is 281 g/mol. The van der Waals surface area contributed by atoms with Crippen molar-refractivity contribution in [2.45, 2.75) is 0 Å². The van der Waals surface area contributed by atoms with Crippen LogP contribution in [0.15, 0.2) is 6.20 Å². The Balaban J connectivity index is 2.85. The lowest BCUT2D eigenvalue weighted by Gasteiger charge is -2.11. The highest BCUT2D eigenvalue weighted by molar-refractivity contribution is 14.1. The summed E-state index contributed by atoms with van der Waals surface area (Å²) in [4.78, 5) is 16.1. The van der Waals surface area contributed by atoms with Crippen molar-refractivity contribution in [1.82, 2.24) is 15.3 Å². The summed E-state index contributed by atoms with van der Waals surface area (Å²) in [6, 6.07) is 0. The van der Waals surface area contributed by atoms with Crippen LogP contribution in [0.3, 0.4) is 0 Å². The van der Waals surface area contributed by atoms with Gasteiger partial charge in [0.1, 0.15) is 5.69 Å². The first-order valence-electron chi connectivity index (χ1n) is 3.18. The summed E-state index contributed by atoms with van der Waals surface area (Å²) in [5.41, 5.74) is 0.444. The summed E-state index contributed by atoms with van der Waals surface area (Å²) in [5, 5.41) is 7.45. The molecule has 0 aliphatic rings. The van der Waals surface area contributed by atoms with Gasteiger partial charge in [-0.25, -0.2) is 5.06 Å². The molecule has 1 heterocycles. The van der Waals surface area contributed by atoms with Crippen LogP contribution >= 0.6 is 22.6 Å². The number of hydroxylamine groups is 2. The lowest BCUT2D eigenvalue weighted by molar-refractivity contribution is -0.0761. The van der Waals surface area contributed by atoms with Crippen LogP contribution in [0.1, 0.15) is 10.5 Å². The number of carbonyl (C=O) groups excluding carboxylic acids is 1. The Labute approximate surface area is 83.2 Å². The van der Waals surface area contributed by atoms with Crippen molar-refractivity contribution in [1.29, 1.82) is 0 Å². The quantitative estimate of drug-likeness (QED) is 0.639. The molecule has 5 nitrogen and oxygen atoms in total. The molecule has 0 saturated carbocycles. The van der Waals surface area contributed by atoms with E-state index in [2.05, 4.69) is 10.2 Å². The van der Waals surface area contributed by atoms with Crippen molar-refractivity contribution >= 4 is 28.5 Å². The zero-order valence-electron chi connectivity index (χ0n) is 6.67. The first-order chi connectivity index (χ1) is 5.66. The van der Waals surface area contributed by atoms with Crippen LogP contribution in [-0.2, 0) is 4.84 Å². The maximum absolute atomic E-state index is 11.4. The number of halogens is 1. The number of amides is 1. The highest BCUT2D eigenvalue weighted by Gasteiger charge is 2.15.